The van der Waals surface area contributed by atoms with Gasteiger partial charge in [-0.25, -0.2) is 0 Å². The molecule has 0 spiro atoms. The van der Waals surface area contributed by atoms with Gasteiger partial charge in [0.25, 0.3) is 0 Å². The number of hydrogen-bond acceptors (Lipinski definition) is 1. The van der Waals surface area contributed by atoms with Crippen LogP contribution in [0.15, 0.2) is 18.2 Å². The highest BCUT2D eigenvalue weighted by Gasteiger charge is 2.22. The summed E-state index contributed by atoms with van der Waals surface area (Å²) in [5.74, 6) is 0. The predicted molar refractivity (Wildman–Crippen MR) is 76.8 cm³/mol. The maximum absolute atomic E-state index is 6.14. The van der Waals surface area contributed by atoms with Crippen molar-refractivity contribution in [1.29, 1.82) is 0 Å². The minimum atomic E-state index is 0.295. The molecule has 0 saturated carbocycles. The van der Waals surface area contributed by atoms with E-state index in [1.165, 1.54) is 5.56 Å². The second-order valence-corrected chi connectivity index (χ2v) is 6.24. The molecule has 17 heavy (non-hydrogen) atoms. The summed E-state index contributed by atoms with van der Waals surface area (Å²) in [4.78, 5) is 0. The third-order valence-electron chi connectivity index (χ3n) is 3.35. The summed E-state index contributed by atoms with van der Waals surface area (Å²) in [5.41, 5.74) is 2.77. The highest BCUT2D eigenvalue weighted by molar-refractivity contribution is 6.31. The maximum atomic E-state index is 6.14. The van der Waals surface area contributed by atoms with Gasteiger partial charge in [0.1, 0.15) is 0 Å². The molecule has 0 amide bonds. The summed E-state index contributed by atoms with van der Waals surface area (Å²) in [6.07, 6.45) is 2.21. The van der Waals surface area contributed by atoms with Crippen LogP contribution in [0.2, 0.25) is 5.02 Å². The fourth-order valence-corrected chi connectivity index (χ4v) is 2.32. The molecule has 0 bridgehead atoms. The Hall–Kier alpha value is -0.530. The van der Waals surface area contributed by atoms with Crippen LogP contribution in [0.1, 0.15) is 38.3 Å². The van der Waals surface area contributed by atoms with E-state index in [-0.39, 0.29) is 0 Å². The van der Waals surface area contributed by atoms with E-state index in [9.17, 15) is 0 Å². The van der Waals surface area contributed by atoms with Gasteiger partial charge in [0, 0.05) is 11.1 Å². The number of nitrogens with one attached hydrogen (secondary N) is 1. The highest BCUT2D eigenvalue weighted by Crippen LogP contribution is 2.24. The van der Waals surface area contributed by atoms with E-state index in [1.807, 2.05) is 14.0 Å². The van der Waals surface area contributed by atoms with Crippen LogP contribution < -0.4 is 5.32 Å². The summed E-state index contributed by atoms with van der Waals surface area (Å²) in [6, 6.07) is 6.90. The number of aryl methyl sites for hydroxylation is 2. The average molecular weight is 254 g/mol. The number of benzene rings is 1. The van der Waals surface area contributed by atoms with E-state index in [0.29, 0.717) is 11.5 Å². The fourth-order valence-electron chi connectivity index (χ4n) is 2.11. The Balaban J connectivity index is 2.63. The summed E-state index contributed by atoms with van der Waals surface area (Å²) >= 11 is 6.14. The van der Waals surface area contributed by atoms with Crippen molar-refractivity contribution in [2.45, 2.75) is 46.6 Å². The van der Waals surface area contributed by atoms with Crippen molar-refractivity contribution in [2.75, 3.05) is 7.05 Å². The first-order chi connectivity index (χ1) is 7.84. The number of halogens is 1. The van der Waals surface area contributed by atoms with E-state index in [0.717, 1.165) is 23.4 Å². The minimum Gasteiger partial charge on any atom is -0.316 e. The molecule has 1 nitrogen and oxygen atoms in total. The molecule has 0 fully saturated rings. The maximum Gasteiger partial charge on any atom is 0.0437 e. The predicted octanol–water partition coefficient (Wildman–Crippen LogP) is 4.22. The standard InChI is InChI=1S/C15H24ClN/c1-11-6-7-12(10-13(11)16)8-9-14(17-5)15(2,3)4/h6-7,10,14,17H,8-9H2,1-5H3. The molecule has 0 aromatic heterocycles. The van der Waals surface area contributed by atoms with Gasteiger partial charge >= 0.3 is 0 Å². The van der Waals surface area contributed by atoms with Gasteiger partial charge in [-0.2, -0.15) is 0 Å². The summed E-state index contributed by atoms with van der Waals surface area (Å²) in [5, 5.41) is 4.28. The molecule has 1 rings (SSSR count). The van der Waals surface area contributed by atoms with Crippen LogP contribution in [-0.2, 0) is 6.42 Å². The lowest BCUT2D eigenvalue weighted by atomic mass is 9.83. The first-order valence-electron chi connectivity index (χ1n) is 6.27. The van der Waals surface area contributed by atoms with Gasteiger partial charge in [-0.15, -0.1) is 0 Å². The minimum absolute atomic E-state index is 0.295. The first kappa shape index (κ1) is 14.5. The Morgan fingerprint density at radius 2 is 1.94 bits per heavy atom. The van der Waals surface area contributed by atoms with Gasteiger partial charge in [0.05, 0.1) is 0 Å². The van der Waals surface area contributed by atoms with Crippen molar-refractivity contribution >= 4 is 11.6 Å². The van der Waals surface area contributed by atoms with Crippen molar-refractivity contribution in [3.05, 3.63) is 34.3 Å². The first-order valence-corrected chi connectivity index (χ1v) is 6.64. The molecule has 0 aliphatic rings. The zero-order chi connectivity index (χ0) is 13.1. The van der Waals surface area contributed by atoms with Gasteiger partial charge in [-0.3, -0.25) is 0 Å². The largest absolute Gasteiger partial charge is 0.316 e. The SMILES string of the molecule is CNC(CCc1ccc(C)c(Cl)c1)C(C)(C)C. The van der Waals surface area contributed by atoms with Crippen LogP contribution in [0.4, 0.5) is 0 Å². The molecule has 0 heterocycles. The smallest absolute Gasteiger partial charge is 0.0437 e. The van der Waals surface area contributed by atoms with Crippen LogP contribution >= 0.6 is 11.6 Å². The summed E-state index contributed by atoms with van der Waals surface area (Å²) in [6.45, 7) is 8.86. The highest BCUT2D eigenvalue weighted by atomic mass is 35.5. The topological polar surface area (TPSA) is 12.0 Å². The molecule has 0 aliphatic heterocycles. The average Bonchev–Trinajstić information content (AvgIpc) is 2.22. The van der Waals surface area contributed by atoms with Crippen molar-refractivity contribution in [1.82, 2.24) is 5.32 Å². The lowest BCUT2D eigenvalue weighted by Crippen LogP contribution is -2.38. The molecular weight excluding hydrogens is 230 g/mol. The molecule has 1 N–H and O–H groups in total. The van der Waals surface area contributed by atoms with E-state index < -0.39 is 0 Å². The molecule has 1 aromatic rings. The van der Waals surface area contributed by atoms with Crippen molar-refractivity contribution in [3.8, 4) is 0 Å². The zero-order valence-electron chi connectivity index (χ0n) is 11.6. The third-order valence-corrected chi connectivity index (χ3v) is 3.76. The Morgan fingerprint density at radius 1 is 1.29 bits per heavy atom. The second kappa shape index (κ2) is 5.88. The van der Waals surface area contributed by atoms with E-state index in [1.54, 1.807) is 0 Å². The van der Waals surface area contributed by atoms with Crippen molar-refractivity contribution in [3.63, 3.8) is 0 Å². The second-order valence-electron chi connectivity index (χ2n) is 5.83. The van der Waals surface area contributed by atoms with Crippen molar-refractivity contribution in [2.24, 2.45) is 5.41 Å². The van der Waals surface area contributed by atoms with Crippen LogP contribution in [0.25, 0.3) is 0 Å². The Kier molecular flexibility index (Phi) is 5.03. The molecule has 0 aliphatic carbocycles. The lowest BCUT2D eigenvalue weighted by molar-refractivity contribution is 0.268. The van der Waals surface area contributed by atoms with E-state index in [4.69, 9.17) is 11.6 Å². The quantitative estimate of drug-likeness (QED) is 0.848. The number of hydrogen-bond donors (Lipinski definition) is 1. The normalized spacial score (nSPS) is 13.8. The Bertz CT molecular complexity index is 366. The monoisotopic (exact) mass is 253 g/mol. The van der Waals surface area contributed by atoms with Crippen LogP contribution in [0.5, 0.6) is 0 Å². The van der Waals surface area contributed by atoms with Crippen LogP contribution in [-0.4, -0.2) is 13.1 Å². The lowest BCUT2D eigenvalue weighted by Gasteiger charge is -2.30. The Morgan fingerprint density at radius 3 is 2.41 bits per heavy atom. The van der Waals surface area contributed by atoms with Gasteiger partial charge in [0.15, 0.2) is 0 Å². The summed E-state index contributed by atoms with van der Waals surface area (Å²) < 4.78 is 0. The van der Waals surface area contributed by atoms with E-state index >= 15 is 0 Å². The van der Waals surface area contributed by atoms with Gasteiger partial charge in [-0.05, 0) is 49.4 Å². The van der Waals surface area contributed by atoms with E-state index in [2.05, 4.69) is 44.3 Å². The molecule has 0 saturated heterocycles. The van der Waals surface area contributed by atoms with Gasteiger partial charge < -0.3 is 5.32 Å². The third kappa shape index (κ3) is 4.33. The number of rotatable bonds is 4. The molecule has 1 aromatic carbocycles. The Labute approximate surface area is 111 Å². The van der Waals surface area contributed by atoms with Crippen molar-refractivity contribution < 1.29 is 0 Å². The molecule has 1 unspecified atom stereocenters. The molecule has 96 valence electrons. The van der Waals surface area contributed by atoms with Gasteiger partial charge in [-0.1, -0.05) is 44.5 Å². The van der Waals surface area contributed by atoms with Crippen LogP contribution in [0.3, 0.4) is 0 Å². The van der Waals surface area contributed by atoms with Crippen LogP contribution in [0, 0.1) is 12.3 Å². The zero-order valence-corrected chi connectivity index (χ0v) is 12.4. The molecule has 0 radical (unpaired) electrons. The fraction of sp³-hybridized carbons (Fsp3) is 0.600. The molecule has 2 heteroatoms. The summed E-state index contributed by atoms with van der Waals surface area (Å²) in [7, 11) is 2.04. The van der Waals surface area contributed by atoms with Gasteiger partial charge in [0.2, 0.25) is 0 Å². The molecule has 1 atom stereocenters. The molecular formula is C15H24ClN.